The van der Waals surface area contributed by atoms with Crippen molar-refractivity contribution in [1.29, 1.82) is 0 Å². The van der Waals surface area contributed by atoms with Crippen LogP contribution in [-0.4, -0.2) is 10.2 Å². The van der Waals surface area contributed by atoms with Gasteiger partial charge in [0.05, 0.1) is 5.69 Å². The van der Waals surface area contributed by atoms with Crippen LogP contribution in [0.5, 0.6) is 0 Å². The topological polar surface area (TPSA) is 40.7 Å². The fourth-order valence-corrected chi connectivity index (χ4v) is 2.24. The van der Waals surface area contributed by atoms with Gasteiger partial charge in [-0.05, 0) is 31.0 Å². The molecule has 0 saturated carbocycles. The molecule has 3 rings (SSSR count). The van der Waals surface area contributed by atoms with E-state index in [1.807, 2.05) is 0 Å². The minimum absolute atomic E-state index is 0.871. The van der Waals surface area contributed by atoms with Gasteiger partial charge in [0.15, 0.2) is 0 Å². The van der Waals surface area contributed by atoms with Gasteiger partial charge in [-0.3, -0.25) is 5.10 Å². The second-order valence-corrected chi connectivity index (χ2v) is 4.26. The molecular formula is C13H15N3. The summed E-state index contributed by atoms with van der Waals surface area (Å²) in [6, 6.07) is 6.57. The number of hydrogen-bond donors (Lipinski definition) is 2. The molecule has 0 aliphatic carbocycles. The predicted molar refractivity (Wildman–Crippen MR) is 65.5 cm³/mol. The van der Waals surface area contributed by atoms with Gasteiger partial charge in [-0.15, -0.1) is 0 Å². The Morgan fingerprint density at radius 2 is 2.25 bits per heavy atom. The Morgan fingerprint density at radius 3 is 3.06 bits per heavy atom. The molecule has 0 bridgehead atoms. The molecule has 0 radical (unpaired) electrons. The maximum atomic E-state index is 4.41. The number of aromatic nitrogens is 2. The molecule has 16 heavy (non-hydrogen) atoms. The fraction of sp³-hybridized carbons (Fsp3) is 0.308. The van der Waals surface area contributed by atoms with Crippen LogP contribution in [0.25, 0.3) is 11.3 Å². The molecule has 1 aromatic heterocycles. The number of anilines is 1. The summed E-state index contributed by atoms with van der Waals surface area (Å²) >= 11 is 0. The maximum absolute atomic E-state index is 4.41. The molecule has 0 saturated heterocycles. The minimum Gasteiger partial charge on any atom is -0.380 e. The van der Waals surface area contributed by atoms with Crippen LogP contribution >= 0.6 is 0 Å². The number of nitrogens with one attached hydrogen (secondary N) is 2. The largest absolute Gasteiger partial charge is 0.380 e. The Hall–Kier alpha value is -1.77. The van der Waals surface area contributed by atoms with E-state index in [1.54, 1.807) is 0 Å². The Kier molecular flexibility index (Phi) is 1.99. The molecule has 0 spiro atoms. The third kappa shape index (κ3) is 1.24. The van der Waals surface area contributed by atoms with Crippen LogP contribution in [0.15, 0.2) is 18.2 Å². The normalized spacial score (nSPS) is 12.9. The Labute approximate surface area is 94.9 Å². The average Bonchev–Trinajstić information content (AvgIpc) is 2.71. The Bertz CT molecular complexity index is 540. The van der Waals surface area contributed by atoms with Gasteiger partial charge < -0.3 is 5.32 Å². The summed E-state index contributed by atoms with van der Waals surface area (Å²) in [5, 5.41) is 10.9. The lowest BCUT2D eigenvalue weighted by atomic mass is 9.97. The first-order valence-electron chi connectivity index (χ1n) is 5.70. The average molecular weight is 213 g/mol. The number of fused-ring (bicyclic) bond motifs is 3. The molecule has 2 heterocycles. The van der Waals surface area contributed by atoms with E-state index in [4.69, 9.17) is 0 Å². The first-order chi connectivity index (χ1) is 7.79. The van der Waals surface area contributed by atoms with E-state index < -0.39 is 0 Å². The van der Waals surface area contributed by atoms with Crippen LogP contribution in [0, 0.1) is 6.92 Å². The van der Waals surface area contributed by atoms with Crippen molar-refractivity contribution in [3.05, 3.63) is 35.0 Å². The maximum Gasteiger partial charge on any atom is 0.0994 e. The van der Waals surface area contributed by atoms with E-state index >= 15 is 0 Å². The van der Waals surface area contributed by atoms with E-state index in [0.717, 1.165) is 24.4 Å². The zero-order valence-corrected chi connectivity index (χ0v) is 9.59. The second-order valence-electron chi connectivity index (χ2n) is 4.26. The van der Waals surface area contributed by atoms with Gasteiger partial charge in [-0.1, -0.05) is 13.0 Å². The molecule has 2 aromatic rings. The monoisotopic (exact) mass is 213 g/mol. The molecule has 1 aromatic carbocycles. The number of benzene rings is 1. The van der Waals surface area contributed by atoms with Crippen molar-refractivity contribution in [2.75, 3.05) is 5.32 Å². The zero-order valence-electron chi connectivity index (χ0n) is 9.59. The van der Waals surface area contributed by atoms with Crippen LogP contribution in [0.1, 0.15) is 23.7 Å². The highest BCUT2D eigenvalue weighted by molar-refractivity contribution is 5.81. The number of nitrogens with zero attached hydrogens (tertiary/aromatic N) is 1. The summed E-state index contributed by atoms with van der Waals surface area (Å²) in [5.41, 5.74) is 7.34. The lowest BCUT2D eigenvalue weighted by Crippen LogP contribution is -2.08. The summed E-state index contributed by atoms with van der Waals surface area (Å²) < 4.78 is 0. The summed E-state index contributed by atoms with van der Waals surface area (Å²) in [4.78, 5) is 0. The molecule has 0 atom stereocenters. The molecular weight excluding hydrogens is 198 g/mol. The lowest BCUT2D eigenvalue weighted by molar-refractivity contribution is 1.05. The highest BCUT2D eigenvalue weighted by Crippen LogP contribution is 2.35. The van der Waals surface area contributed by atoms with Crippen LogP contribution in [-0.2, 0) is 13.0 Å². The standard InChI is InChI=1S/C13H15N3/c1-3-9-4-5-12-10(6-9)13-11(7-14-12)8(2)15-16-13/h4-6,14H,3,7H2,1-2H3,(H,15,16). The third-order valence-electron chi connectivity index (χ3n) is 3.28. The van der Waals surface area contributed by atoms with Crippen LogP contribution in [0.4, 0.5) is 5.69 Å². The quantitative estimate of drug-likeness (QED) is 0.764. The van der Waals surface area contributed by atoms with Crippen molar-refractivity contribution >= 4 is 5.69 Å². The predicted octanol–water partition coefficient (Wildman–Crippen LogP) is 2.87. The van der Waals surface area contributed by atoms with Gasteiger partial charge in [0.25, 0.3) is 0 Å². The number of aromatic amines is 1. The Morgan fingerprint density at radius 1 is 1.38 bits per heavy atom. The van der Waals surface area contributed by atoms with Crippen molar-refractivity contribution in [2.45, 2.75) is 26.8 Å². The molecule has 3 heteroatoms. The molecule has 1 aliphatic rings. The summed E-state index contributed by atoms with van der Waals surface area (Å²) in [6.45, 7) is 5.12. The molecule has 2 N–H and O–H groups in total. The van der Waals surface area contributed by atoms with Crippen molar-refractivity contribution in [1.82, 2.24) is 10.2 Å². The molecule has 3 nitrogen and oxygen atoms in total. The van der Waals surface area contributed by atoms with Gasteiger partial charge in [-0.2, -0.15) is 5.10 Å². The molecule has 0 unspecified atom stereocenters. The van der Waals surface area contributed by atoms with E-state index in [-0.39, 0.29) is 0 Å². The van der Waals surface area contributed by atoms with Gasteiger partial charge >= 0.3 is 0 Å². The first kappa shape index (κ1) is 9.46. The number of rotatable bonds is 1. The van der Waals surface area contributed by atoms with Crippen LogP contribution in [0.2, 0.25) is 0 Å². The highest BCUT2D eigenvalue weighted by atomic mass is 15.1. The first-order valence-corrected chi connectivity index (χ1v) is 5.70. The zero-order chi connectivity index (χ0) is 11.1. The summed E-state index contributed by atoms with van der Waals surface area (Å²) in [6.07, 6.45) is 1.06. The number of hydrogen-bond acceptors (Lipinski definition) is 2. The SMILES string of the molecule is CCc1ccc2c(c1)-c1n[nH]c(C)c1CN2. The molecule has 82 valence electrons. The molecule has 1 aliphatic heterocycles. The van der Waals surface area contributed by atoms with Gasteiger partial charge in [0, 0.05) is 29.1 Å². The third-order valence-corrected chi connectivity index (χ3v) is 3.28. The molecule has 0 amide bonds. The fourth-order valence-electron chi connectivity index (χ4n) is 2.24. The smallest absolute Gasteiger partial charge is 0.0994 e. The van der Waals surface area contributed by atoms with Crippen molar-refractivity contribution < 1.29 is 0 Å². The number of aryl methyl sites for hydroxylation is 2. The summed E-state index contributed by atoms with van der Waals surface area (Å²) in [5.74, 6) is 0. The van der Waals surface area contributed by atoms with Crippen molar-refractivity contribution in [3.63, 3.8) is 0 Å². The second kappa shape index (κ2) is 3.37. The van der Waals surface area contributed by atoms with Crippen molar-refractivity contribution in [3.8, 4) is 11.3 Å². The van der Waals surface area contributed by atoms with E-state index in [1.165, 1.54) is 22.4 Å². The number of H-pyrrole nitrogens is 1. The molecule has 0 fully saturated rings. The van der Waals surface area contributed by atoms with Crippen LogP contribution < -0.4 is 5.32 Å². The van der Waals surface area contributed by atoms with Gasteiger partial charge in [0.2, 0.25) is 0 Å². The lowest BCUT2D eigenvalue weighted by Gasteiger charge is -2.18. The minimum atomic E-state index is 0.871. The Balaban J connectivity index is 2.22. The van der Waals surface area contributed by atoms with Gasteiger partial charge in [-0.25, -0.2) is 0 Å². The highest BCUT2D eigenvalue weighted by Gasteiger charge is 2.20. The van der Waals surface area contributed by atoms with E-state index in [2.05, 4.69) is 47.6 Å². The van der Waals surface area contributed by atoms with Crippen molar-refractivity contribution in [2.24, 2.45) is 0 Å². The van der Waals surface area contributed by atoms with Crippen LogP contribution in [0.3, 0.4) is 0 Å². The van der Waals surface area contributed by atoms with Gasteiger partial charge in [0.1, 0.15) is 0 Å². The van der Waals surface area contributed by atoms with E-state index in [9.17, 15) is 0 Å². The summed E-state index contributed by atoms with van der Waals surface area (Å²) in [7, 11) is 0. The van der Waals surface area contributed by atoms with E-state index in [0.29, 0.717) is 0 Å².